The van der Waals surface area contributed by atoms with Gasteiger partial charge in [-0.2, -0.15) is 13.2 Å². The van der Waals surface area contributed by atoms with Crippen molar-refractivity contribution in [2.45, 2.75) is 12.6 Å². The molecule has 0 rings (SSSR count). The molecule has 0 fully saturated rings. The normalized spacial score (nSPS) is 14.9. The summed E-state index contributed by atoms with van der Waals surface area (Å²) in [5, 5.41) is 0. The van der Waals surface area contributed by atoms with Crippen molar-refractivity contribution in [1.82, 2.24) is 0 Å². The van der Waals surface area contributed by atoms with E-state index in [4.69, 9.17) is 0 Å². The highest BCUT2D eigenvalue weighted by Gasteiger charge is 2.37. The van der Waals surface area contributed by atoms with Crippen molar-refractivity contribution in [2.24, 2.45) is 0 Å². The van der Waals surface area contributed by atoms with Gasteiger partial charge in [0.05, 0.1) is 13.2 Å². The molecule has 0 aromatic heterocycles. The molecular formula is C8H11F3O6P-. The van der Waals surface area contributed by atoms with Crippen molar-refractivity contribution in [3.63, 3.8) is 0 Å². The lowest BCUT2D eigenvalue weighted by Crippen LogP contribution is -2.21. The van der Waals surface area contributed by atoms with Crippen LogP contribution in [0.5, 0.6) is 0 Å². The van der Waals surface area contributed by atoms with Crippen LogP contribution < -0.4 is 4.89 Å². The number of carbonyl (C=O) groups excluding carboxylic acids is 1. The number of carbonyl (C=O) groups is 1. The standard InChI is InChI=1S/C8H12F3O6P/c1-6(8(9,10)11)7(12)16-4-3-5-17-18(13,14)15-2/h1,3-5H2,2H3,(H,13,14)/p-1. The average molecular weight is 291 g/mol. The molecule has 0 spiro atoms. The van der Waals surface area contributed by atoms with E-state index in [0.29, 0.717) is 0 Å². The Bertz CT molecular complexity index is 353. The molecule has 0 aromatic carbocycles. The quantitative estimate of drug-likeness (QED) is 0.303. The lowest BCUT2D eigenvalue weighted by Gasteiger charge is -2.19. The maximum Gasteiger partial charge on any atom is 0.422 e. The maximum atomic E-state index is 12.0. The Morgan fingerprint density at radius 3 is 2.39 bits per heavy atom. The minimum absolute atomic E-state index is 0.105. The van der Waals surface area contributed by atoms with Crippen LogP contribution in [0.1, 0.15) is 6.42 Å². The van der Waals surface area contributed by atoms with Crippen LogP contribution in [0, 0.1) is 0 Å². The van der Waals surface area contributed by atoms with E-state index in [2.05, 4.69) is 20.4 Å². The highest BCUT2D eigenvalue weighted by Crippen LogP contribution is 2.36. The SMILES string of the molecule is C=C(C(=O)OCCCOP(=O)([O-])OC)C(F)(F)F. The molecule has 0 amide bonds. The Morgan fingerprint density at radius 2 is 1.94 bits per heavy atom. The summed E-state index contributed by atoms with van der Waals surface area (Å²) < 4.78 is 58.9. The molecule has 18 heavy (non-hydrogen) atoms. The van der Waals surface area contributed by atoms with Crippen LogP contribution in [0.15, 0.2) is 12.2 Å². The summed E-state index contributed by atoms with van der Waals surface area (Å²) in [7, 11) is -3.48. The van der Waals surface area contributed by atoms with E-state index >= 15 is 0 Å². The van der Waals surface area contributed by atoms with Crippen LogP contribution in [-0.2, 0) is 23.1 Å². The number of phosphoric ester groups is 1. The summed E-state index contributed by atoms with van der Waals surface area (Å²) in [4.78, 5) is 21.4. The van der Waals surface area contributed by atoms with Gasteiger partial charge in [-0.15, -0.1) is 0 Å². The predicted molar refractivity (Wildman–Crippen MR) is 51.3 cm³/mol. The minimum atomic E-state index is -4.85. The van der Waals surface area contributed by atoms with Gasteiger partial charge in [-0.25, -0.2) is 4.79 Å². The Morgan fingerprint density at radius 1 is 1.39 bits per heavy atom. The molecule has 0 bridgehead atoms. The lowest BCUT2D eigenvalue weighted by molar-refractivity contribution is -0.223. The first-order valence-electron chi connectivity index (χ1n) is 4.54. The number of phosphoric acid groups is 1. The van der Waals surface area contributed by atoms with Gasteiger partial charge in [-0.05, 0) is 0 Å². The summed E-state index contributed by atoms with van der Waals surface area (Å²) in [6, 6.07) is 0. The van der Waals surface area contributed by atoms with Crippen molar-refractivity contribution >= 4 is 13.8 Å². The second-order valence-corrected chi connectivity index (χ2v) is 4.45. The van der Waals surface area contributed by atoms with E-state index in [9.17, 15) is 27.4 Å². The van der Waals surface area contributed by atoms with Gasteiger partial charge in [0.1, 0.15) is 5.57 Å². The number of halogens is 3. The second-order valence-electron chi connectivity index (χ2n) is 2.93. The fourth-order valence-electron chi connectivity index (χ4n) is 0.656. The maximum absolute atomic E-state index is 12.0. The molecule has 1 unspecified atom stereocenters. The molecule has 0 aromatic rings. The molecule has 0 N–H and O–H groups in total. The van der Waals surface area contributed by atoms with Gasteiger partial charge in [-0.1, -0.05) is 6.58 Å². The monoisotopic (exact) mass is 291 g/mol. The fourth-order valence-corrected chi connectivity index (χ4v) is 1.11. The molecule has 0 radical (unpaired) electrons. The molecule has 0 aliphatic carbocycles. The van der Waals surface area contributed by atoms with Crippen LogP contribution in [0.25, 0.3) is 0 Å². The van der Waals surface area contributed by atoms with Gasteiger partial charge in [-0.3, -0.25) is 4.57 Å². The first-order chi connectivity index (χ1) is 8.10. The zero-order valence-corrected chi connectivity index (χ0v) is 10.3. The summed E-state index contributed by atoms with van der Waals surface area (Å²) >= 11 is 0. The van der Waals surface area contributed by atoms with Gasteiger partial charge in [0.2, 0.25) is 0 Å². The van der Waals surface area contributed by atoms with Gasteiger partial charge >= 0.3 is 12.1 Å². The van der Waals surface area contributed by atoms with E-state index in [1.807, 2.05) is 0 Å². The molecule has 0 saturated heterocycles. The molecular weight excluding hydrogens is 280 g/mol. The Hall–Kier alpha value is -0.890. The summed E-state index contributed by atoms with van der Waals surface area (Å²) in [5.74, 6) is -1.61. The molecule has 0 saturated carbocycles. The number of rotatable bonds is 7. The Labute approximate surface area is 101 Å². The summed E-state index contributed by atoms with van der Waals surface area (Å²) in [5.41, 5.74) is -1.63. The largest absolute Gasteiger partial charge is 0.756 e. The molecule has 0 aliphatic rings. The molecule has 1 atom stereocenters. The summed E-state index contributed by atoms with van der Waals surface area (Å²) in [6.07, 6.45) is -4.96. The fraction of sp³-hybridized carbons (Fsp3) is 0.625. The predicted octanol–water partition coefficient (Wildman–Crippen LogP) is 1.17. The van der Waals surface area contributed by atoms with Gasteiger partial charge in [0, 0.05) is 13.5 Å². The van der Waals surface area contributed by atoms with Gasteiger partial charge in [0.15, 0.2) is 0 Å². The highest BCUT2D eigenvalue weighted by atomic mass is 31.2. The first kappa shape index (κ1) is 17.1. The first-order valence-corrected chi connectivity index (χ1v) is 6.01. The van der Waals surface area contributed by atoms with Crippen LogP contribution >= 0.6 is 7.82 Å². The third-order valence-electron chi connectivity index (χ3n) is 1.58. The van der Waals surface area contributed by atoms with Crippen molar-refractivity contribution < 1.29 is 41.2 Å². The van der Waals surface area contributed by atoms with Gasteiger partial charge < -0.3 is 18.7 Å². The number of hydrogen-bond acceptors (Lipinski definition) is 6. The second kappa shape index (κ2) is 6.89. The zero-order chi connectivity index (χ0) is 14.4. The van der Waals surface area contributed by atoms with E-state index in [1.165, 1.54) is 0 Å². The third-order valence-corrected chi connectivity index (χ3v) is 2.53. The topological polar surface area (TPSA) is 84.9 Å². The van der Waals surface area contributed by atoms with E-state index in [0.717, 1.165) is 7.11 Å². The van der Waals surface area contributed by atoms with E-state index < -0.39 is 32.1 Å². The van der Waals surface area contributed by atoms with E-state index in [1.54, 1.807) is 0 Å². The Kier molecular flexibility index (Phi) is 6.55. The van der Waals surface area contributed by atoms with Crippen molar-refractivity contribution in [3.8, 4) is 0 Å². The van der Waals surface area contributed by atoms with Crippen molar-refractivity contribution in [2.75, 3.05) is 20.3 Å². The van der Waals surface area contributed by atoms with Crippen LogP contribution in [0.2, 0.25) is 0 Å². The zero-order valence-electron chi connectivity index (χ0n) is 9.36. The van der Waals surface area contributed by atoms with E-state index in [-0.39, 0.29) is 13.0 Å². The van der Waals surface area contributed by atoms with Crippen LogP contribution in [0.3, 0.4) is 0 Å². The minimum Gasteiger partial charge on any atom is -0.756 e. The number of ether oxygens (including phenoxy) is 1. The van der Waals surface area contributed by atoms with Crippen LogP contribution in [-0.4, -0.2) is 32.5 Å². The lowest BCUT2D eigenvalue weighted by atomic mass is 10.3. The molecule has 0 aliphatic heterocycles. The number of alkyl halides is 3. The van der Waals surface area contributed by atoms with Gasteiger partial charge in [0.25, 0.3) is 7.82 Å². The van der Waals surface area contributed by atoms with Crippen LogP contribution in [0.4, 0.5) is 13.2 Å². The smallest absolute Gasteiger partial charge is 0.422 e. The number of hydrogen-bond donors (Lipinski definition) is 0. The molecule has 6 nitrogen and oxygen atoms in total. The molecule has 0 heterocycles. The molecule has 10 heteroatoms. The van der Waals surface area contributed by atoms with Crippen molar-refractivity contribution in [1.29, 1.82) is 0 Å². The average Bonchev–Trinajstić information content (AvgIpc) is 2.26. The number of esters is 1. The summed E-state index contributed by atoms with van der Waals surface area (Å²) in [6.45, 7) is 1.72. The molecule has 106 valence electrons. The third kappa shape index (κ3) is 6.75. The highest BCUT2D eigenvalue weighted by molar-refractivity contribution is 7.45. The van der Waals surface area contributed by atoms with Crippen molar-refractivity contribution in [3.05, 3.63) is 12.2 Å². The Balaban J connectivity index is 3.84.